The molecule has 0 spiro atoms. The molecule has 72 valence electrons. The SMILES string of the molecule is C=C[C@H]1C[C@@H](CC#N)OC(C)(C)O1. The number of hydrogen-bond acceptors (Lipinski definition) is 3. The van der Waals surface area contributed by atoms with Crippen molar-refractivity contribution >= 4 is 0 Å². The standard InChI is InChI=1S/C10H15NO2/c1-4-8-7-9(5-6-11)13-10(2,3)12-8/h4,8-9H,1,5,7H2,2-3H3/t8-,9+/m0/s1. The predicted octanol–water partition coefficient (Wildman–Crippen LogP) is 2.00. The van der Waals surface area contributed by atoms with Crippen LogP contribution in [0, 0.1) is 11.3 Å². The van der Waals surface area contributed by atoms with Crippen LogP contribution in [0.1, 0.15) is 26.7 Å². The van der Waals surface area contributed by atoms with E-state index in [2.05, 4.69) is 12.6 Å². The molecule has 3 heteroatoms. The molecule has 0 unspecified atom stereocenters. The first-order valence-corrected chi connectivity index (χ1v) is 4.42. The molecule has 0 amide bonds. The van der Waals surface area contributed by atoms with Gasteiger partial charge in [0.2, 0.25) is 0 Å². The molecule has 0 N–H and O–H groups in total. The molecule has 1 aliphatic rings. The first-order valence-electron chi connectivity index (χ1n) is 4.42. The highest BCUT2D eigenvalue weighted by molar-refractivity contribution is 4.90. The number of ether oxygens (including phenoxy) is 2. The summed E-state index contributed by atoms with van der Waals surface area (Å²) in [5, 5.41) is 8.55. The summed E-state index contributed by atoms with van der Waals surface area (Å²) < 4.78 is 11.1. The third kappa shape index (κ3) is 2.83. The van der Waals surface area contributed by atoms with E-state index < -0.39 is 5.79 Å². The van der Waals surface area contributed by atoms with E-state index in [0.717, 1.165) is 6.42 Å². The molecule has 0 saturated carbocycles. The van der Waals surface area contributed by atoms with Crippen molar-refractivity contribution < 1.29 is 9.47 Å². The van der Waals surface area contributed by atoms with Crippen molar-refractivity contribution in [2.75, 3.05) is 0 Å². The minimum atomic E-state index is -0.599. The Balaban J connectivity index is 2.60. The molecule has 0 aromatic rings. The van der Waals surface area contributed by atoms with Gasteiger partial charge in [-0.05, 0) is 13.8 Å². The summed E-state index contributed by atoms with van der Waals surface area (Å²) in [6.45, 7) is 7.39. The second-order valence-corrected chi connectivity index (χ2v) is 3.63. The molecule has 0 aliphatic carbocycles. The zero-order valence-corrected chi connectivity index (χ0v) is 8.12. The third-order valence-corrected chi connectivity index (χ3v) is 1.96. The largest absolute Gasteiger partial charge is 0.346 e. The number of rotatable bonds is 2. The van der Waals surface area contributed by atoms with E-state index in [0.29, 0.717) is 6.42 Å². The Kier molecular flexibility index (Phi) is 3.07. The van der Waals surface area contributed by atoms with Gasteiger partial charge in [-0.15, -0.1) is 6.58 Å². The van der Waals surface area contributed by atoms with Gasteiger partial charge in [0.25, 0.3) is 0 Å². The zero-order valence-electron chi connectivity index (χ0n) is 8.12. The summed E-state index contributed by atoms with van der Waals surface area (Å²) in [4.78, 5) is 0. The quantitative estimate of drug-likeness (QED) is 0.612. The van der Waals surface area contributed by atoms with Gasteiger partial charge in [-0.25, -0.2) is 0 Å². The van der Waals surface area contributed by atoms with Gasteiger partial charge in [0.05, 0.1) is 24.7 Å². The normalized spacial score (nSPS) is 32.1. The van der Waals surface area contributed by atoms with E-state index in [9.17, 15) is 0 Å². The van der Waals surface area contributed by atoms with E-state index in [-0.39, 0.29) is 12.2 Å². The van der Waals surface area contributed by atoms with Gasteiger partial charge in [0.1, 0.15) is 0 Å². The van der Waals surface area contributed by atoms with Crippen molar-refractivity contribution in [1.29, 1.82) is 5.26 Å². The maximum Gasteiger partial charge on any atom is 0.163 e. The molecule has 2 atom stereocenters. The van der Waals surface area contributed by atoms with Gasteiger partial charge < -0.3 is 9.47 Å². The minimum absolute atomic E-state index is 0.00194. The van der Waals surface area contributed by atoms with Gasteiger partial charge in [0, 0.05) is 6.42 Å². The summed E-state index contributed by atoms with van der Waals surface area (Å²) in [5.41, 5.74) is 0. The van der Waals surface area contributed by atoms with Crippen molar-refractivity contribution in [2.24, 2.45) is 0 Å². The van der Waals surface area contributed by atoms with Crippen LogP contribution in [0.5, 0.6) is 0 Å². The van der Waals surface area contributed by atoms with E-state index in [1.54, 1.807) is 6.08 Å². The Morgan fingerprint density at radius 2 is 2.31 bits per heavy atom. The van der Waals surface area contributed by atoms with Crippen LogP contribution in [0.15, 0.2) is 12.7 Å². The summed E-state index contributed by atoms with van der Waals surface area (Å²) >= 11 is 0. The van der Waals surface area contributed by atoms with Crippen molar-refractivity contribution in [3.8, 4) is 6.07 Å². The Bertz CT molecular complexity index is 230. The first kappa shape index (κ1) is 10.2. The Morgan fingerprint density at radius 1 is 1.62 bits per heavy atom. The predicted molar refractivity (Wildman–Crippen MR) is 48.9 cm³/mol. The molecule has 1 rings (SSSR count). The van der Waals surface area contributed by atoms with Crippen LogP contribution in [0.3, 0.4) is 0 Å². The minimum Gasteiger partial charge on any atom is -0.346 e. The lowest BCUT2D eigenvalue weighted by atomic mass is 10.1. The zero-order chi connectivity index (χ0) is 9.90. The fourth-order valence-electron chi connectivity index (χ4n) is 1.52. The van der Waals surface area contributed by atoms with E-state index >= 15 is 0 Å². The Labute approximate surface area is 78.9 Å². The van der Waals surface area contributed by atoms with Crippen LogP contribution in [-0.4, -0.2) is 18.0 Å². The second-order valence-electron chi connectivity index (χ2n) is 3.63. The van der Waals surface area contributed by atoms with Crippen LogP contribution >= 0.6 is 0 Å². The Morgan fingerprint density at radius 3 is 2.85 bits per heavy atom. The maximum atomic E-state index is 8.55. The molecule has 0 bridgehead atoms. The smallest absolute Gasteiger partial charge is 0.163 e. The van der Waals surface area contributed by atoms with Crippen molar-refractivity contribution in [3.05, 3.63) is 12.7 Å². The molecular weight excluding hydrogens is 166 g/mol. The average Bonchev–Trinajstić information content (AvgIpc) is 2.02. The van der Waals surface area contributed by atoms with E-state index in [1.165, 1.54) is 0 Å². The molecule has 0 aromatic heterocycles. The summed E-state index contributed by atoms with van der Waals surface area (Å²) in [6, 6.07) is 2.10. The lowest BCUT2D eigenvalue weighted by Crippen LogP contribution is -2.43. The molecule has 1 saturated heterocycles. The van der Waals surface area contributed by atoms with E-state index in [4.69, 9.17) is 14.7 Å². The summed E-state index contributed by atoms with van der Waals surface area (Å²) in [7, 11) is 0. The van der Waals surface area contributed by atoms with E-state index in [1.807, 2.05) is 13.8 Å². The van der Waals surface area contributed by atoms with Crippen LogP contribution in [0.4, 0.5) is 0 Å². The van der Waals surface area contributed by atoms with Crippen LogP contribution in [0.2, 0.25) is 0 Å². The number of nitrogens with zero attached hydrogens (tertiary/aromatic N) is 1. The topological polar surface area (TPSA) is 42.2 Å². The molecule has 1 heterocycles. The summed E-state index contributed by atoms with van der Waals surface area (Å²) in [6.07, 6.45) is 2.87. The highest BCUT2D eigenvalue weighted by Gasteiger charge is 2.33. The maximum absolute atomic E-state index is 8.55. The van der Waals surface area contributed by atoms with Gasteiger partial charge in [-0.2, -0.15) is 5.26 Å². The van der Waals surface area contributed by atoms with Crippen LogP contribution in [-0.2, 0) is 9.47 Å². The number of hydrogen-bond donors (Lipinski definition) is 0. The molecule has 0 radical (unpaired) electrons. The van der Waals surface area contributed by atoms with Gasteiger partial charge in [-0.3, -0.25) is 0 Å². The second kappa shape index (κ2) is 3.91. The third-order valence-electron chi connectivity index (χ3n) is 1.96. The lowest BCUT2D eigenvalue weighted by Gasteiger charge is -2.39. The molecule has 13 heavy (non-hydrogen) atoms. The highest BCUT2D eigenvalue weighted by Crippen LogP contribution is 2.28. The monoisotopic (exact) mass is 181 g/mol. The van der Waals surface area contributed by atoms with Gasteiger partial charge in [0.15, 0.2) is 5.79 Å². The van der Waals surface area contributed by atoms with Gasteiger partial charge >= 0.3 is 0 Å². The number of nitriles is 1. The van der Waals surface area contributed by atoms with Crippen LogP contribution in [0.25, 0.3) is 0 Å². The fourth-order valence-corrected chi connectivity index (χ4v) is 1.52. The van der Waals surface area contributed by atoms with Gasteiger partial charge in [-0.1, -0.05) is 6.08 Å². The fraction of sp³-hybridized carbons (Fsp3) is 0.700. The lowest BCUT2D eigenvalue weighted by molar-refractivity contribution is -0.289. The highest BCUT2D eigenvalue weighted by atomic mass is 16.7. The molecule has 0 aromatic carbocycles. The molecule has 1 aliphatic heterocycles. The van der Waals surface area contributed by atoms with Crippen molar-refractivity contribution in [2.45, 2.75) is 44.7 Å². The molecule has 3 nitrogen and oxygen atoms in total. The van der Waals surface area contributed by atoms with Crippen molar-refractivity contribution in [3.63, 3.8) is 0 Å². The Hall–Kier alpha value is -0.850. The molecule has 1 fully saturated rings. The summed E-state index contributed by atoms with van der Waals surface area (Å²) in [5.74, 6) is -0.599. The van der Waals surface area contributed by atoms with Crippen LogP contribution < -0.4 is 0 Å². The first-order chi connectivity index (χ1) is 6.07. The molecular formula is C10H15NO2. The van der Waals surface area contributed by atoms with Crippen molar-refractivity contribution in [1.82, 2.24) is 0 Å². The average molecular weight is 181 g/mol.